The lowest BCUT2D eigenvalue weighted by Crippen LogP contribution is -2.35. The first kappa shape index (κ1) is 18.0. The topological polar surface area (TPSA) is 71.5 Å². The Morgan fingerprint density at radius 1 is 1.30 bits per heavy atom. The highest BCUT2D eigenvalue weighted by Crippen LogP contribution is 2.32. The highest BCUT2D eigenvalue weighted by Gasteiger charge is 2.28. The minimum absolute atomic E-state index is 0.0113. The van der Waals surface area contributed by atoms with Crippen LogP contribution >= 0.6 is 11.3 Å². The summed E-state index contributed by atoms with van der Waals surface area (Å²) >= 11 is 1.48. The van der Waals surface area contributed by atoms with Crippen molar-refractivity contribution in [2.45, 2.75) is 39.2 Å². The summed E-state index contributed by atoms with van der Waals surface area (Å²) in [6.45, 7) is 3.71. The fourth-order valence-electron chi connectivity index (χ4n) is 3.34. The molecule has 2 aliphatic rings. The zero-order valence-electron chi connectivity index (χ0n) is 15.4. The highest BCUT2D eigenvalue weighted by molar-refractivity contribution is 7.15. The van der Waals surface area contributed by atoms with Gasteiger partial charge in [0.15, 0.2) is 5.13 Å². The van der Waals surface area contributed by atoms with Gasteiger partial charge in [0, 0.05) is 29.3 Å². The number of amides is 2. The van der Waals surface area contributed by atoms with Crippen molar-refractivity contribution in [3.05, 3.63) is 40.4 Å². The van der Waals surface area contributed by atoms with Crippen LogP contribution in [0.4, 0.5) is 5.13 Å². The van der Waals surface area contributed by atoms with Gasteiger partial charge in [0.2, 0.25) is 5.91 Å². The minimum Gasteiger partial charge on any atom is -0.494 e. The average Bonchev–Trinajstić information content (AvgIpc) is 3.01. The maximum Gasteiger partial charge on any atom is 0.254 e. The Morgan fingerprint density at radius 3 is 2.74 bits per heavy atom. The molecule has 6 nitrogen and oxygen atoms in total. The van der Waals surface area contributed by atoms with Crippen LogP contribution in [0.15, 0.2) is 24.3 Å². The van der Waals surface area contributed by atoms with E-state index in [1.807, 2.05) is 24.0 Å². The molecule has 1 aliphatic heterocycles. The maximum atomic E-state index is 12.8. The number of fused-ring (bicyclic) bond motifs is 1. The van der Waals surface area contributed by atoms with Gasteiger partial charge >= 0.3 is 0 Å². The lowest BCUT2D eigenvalue weighted by molar-refractivity contribution is -0.122. The van der Waals surface area contributed by atoms with E-state index in [9.17, 15) is 9.59 Å². The number of anilines is 1. The lowest BCUT2D eigenvalue weighted by Gasteiger charge is -2.26. The largest absolute Gasteiger partial charge is 0.494 e. The summed E-state index contributed by atoms with van der Waals surface area (Å²) in [4.78, 5) is 32.4. The number of nitrogens with one attached hydrogen (secondary N) is 1. The Bertz CT molecular complexity index is 843. The van der Waals surface area contributed by atoms with Crippen LogP contribution in [0.25, 0.3) is 0 Å². The van der Waals surface area contributed by atoms with Crippen LogP contribution < -0.4 is 10.1 Å². The van der Waals surface area contributed by atoms with E-state index in [0.717, 1.165) is 35.6 Å². The van der Waals surface area contributed by atoms with Gasteiger partial charge in [-0.1, -0.05) is 17.8 Å². The summed E-state index contributed by atoms with van der Waals surface area (Å²) in [5.74, 6) is 1.000. The maximum absolute atomic E-state index is 12.8. The van der Waals surface area contributed by atoms with Crippen molar-refractivity contribution in [2.24, 2.45) is 5.92 Å². The molecule has 4 rings (SSSR count). The van der Waals surface area contributed by atoms with Crippen LogP contribution in [0.5, 0.6) is 5.75 Å². The van der Waals surface area contributed by atoms with E-state index in [1.165, 1.54) is 11.3 Å². The van der Waals surface area contributed by atoms with Gasteiger partial charge in [-0.15, -0.1) is 0 Å². The third-order valence-electron chi connectivity index (χ3n) is 5.14. The molecular weight excluding hydrogens is 362 g/mol. The number of thiazole rings is 1. The van der Waals surface area contributed by atoms with E-state index in [1.54, 1.807) is 12.1 Å². The van der Waals surface area contributed by atoms with Crippen LogP contribution in [0.2, 0.25) is 0 Å². The lowest BCUT2D eigenvalue weighted by atomic mass is 9.85. The molecule has 0 bridgehead atoms. The second kappa shape index (κ2) is 7.68. The third kappa shape index (κ3) is 3.83. The summed E-state index contributed by atoms with van der Waals surface area (Å²) in [6.07, 6.45) is 3.80. The van der Waals surface area contributed by atoms with Crippen LogP contribution in [0.3, 0.4) is 0 Å². The van der Waals surface area contributed by atoms with Crippen molar-refractivity contribution in [3.63, 3.8) is 0 Å². The van der Waals surface area contributed by atoms with Crippen molar-refractivity contribution in [1.82, 2.24) is 9.88 Å². The summed E-state index contributed by atoms with van der Waals surface area (Å²) in [5.41, 5.74) is 1.66. The van der Waals surface area contributed by atoms with Gasteiger partial charge in [0.1, 0.15) is 5.75 Å². The van der Waals surface area contributed by atoms with E-state index in [-0.39, 0.29) is 17.7 Å². The standard InChI is InChI=1S/C20H23N3O3S/c1-2-26-15-8-6-14(7-9-15)19(25)23-11-10-16-17(12-23)27-20(21-16)22-18(24)13-4-3-5-13/h6-9,13H,2-5,10-12H2,1H3,(H,21,22,24). The number of aromatic nitrogens is 1. The quantitative estimate of drug-likeness (QED) is 0.855. The number of carbonyl (C=O) groups excluding carboxylic acids is 2. The predicted octanol–water partition coefficient (Wildman–Crippen LogP) is 3.48. The van der Waals surface area contributed by atoms with Crippen molar-refractivity contribution in [1.29, 1.82) is 0 Å². The Kier molecular flexibility index (Phi) is 5.11. The molecule has 0 atom stereocenters. The van der Waals surface area contributed by atoms with E-state index in [0.29, 0.717) is 36.8 Å². The normalized spacial score (nSPS) is 16.4. The molecular formula is C20H23N3O3S. The Balaban J connectivity index is 1.41. The van der Waals surface area contributed by atoms with Crippen molar-refractivity contribution in [3.8, 4) is 5.75 Å². The molecule has 0 spiro atoms. The monoisotopic (exact) mass is 385 g/mol. The number of carbonyl (C=O) groups is 2. The number of rotatable bonds is 5. The molecule has 2 aromatic rings. The van der Waals surface area contributed by atoms with E-state index in [2.05, 4.69) is 10.3 Å². The molecule has 1 fully saturated rings. The Labute approximate surface area is 162 Å². The smallest absolute Gasteiger partial charge is 0.254 e. The number of ether oxygens (including phenoxy) is 1. The van der Waals surface area contributed by atoms with Crippen molar-refractivity contribution in [2.75, 3.05) is 18.5 Å². The molecule has 0 unspecified atom stereocenters. The molecule has 2 amide bonds. The zero-order chi connectivity index (χ0) is 18.8. The molecule has 0 radical (unpaired) electrons. The van der Waals surface area contributed by atoms with Crippen LogP contribution in [-0.4, -0.2) is 34.8 Å². The number of benzene rings is 1. The number of hydrogen-bond donors (Lipinski definition) is 1. The van der Waals surface area contributed by atoms with E-state index in [4.69, 9.17) is 4.74 Å². The molecule has 2 heterocycles. The molecule has 1 aromatic carbocycles. The van der Waals surface area contributed by atoms with Gasteiger partial charge in [-0.2, -0.15) is 0 Å². The van der Waals surface area contributed by atoms with Gasteiger partial charge in [-0.05, 0) is 44.0 Å². The Hall–Kier alpha value is -2.41. The molecule has 0 saturated heterocycles. The number of hydrogen-bond acceptors (Lipinski definition) is 5. The molecule has 142 valence electrons. The zero-order valence-corrected chi connectivity index (χ0v) is 16.2. The Morgan fingerprint density at radius 2 is 2.07 bits per heavy atom. The average molecular weight is 385 g/mol. The van der Waals surface area contributed by atoms with Gasteiger partial charge < -0.3 is 15.0 Å². The van der Waals surface area contributed by atoms with Gasteiger partial charge in [0.05, 0.1) is 18.8 Å². The summed E-state index contributed by atoms with van der Waals surface area (Å²) in [7, 11) is 0. The first-order chi connectivity index (χ1) is 13.1. The molecule has 27 heavy (non-hydrogen) atoms. The van der Waals surface area contributed by atoms with Gasteiger partial charge in [-0.25, -0.2) is 4.98 Å². The summed E-state index contributed by atoms with van der Waals surface area (Å²) in [5, 5.41) is 3.61. The first-order valence-corrected chi connectivity index (χ1v) is 10.3. The molecule has 1 aliphatic carbocycles. The fourth-order valence-corrected chi connectivity index (χ4v) is 4.37. The number of nitrogens with zero attached hydrogens (tertiary/aromatic N) is 2. The SMILES string of the molecule is CCOc1ccc(C(=O)N2CCc3nc(NC(=O)C4CCC4)sc3C2)cc1. The van der Waals surface area contributed by atoms with Crippen LogP contribution in [0.1, 0.15) is 47.1 Å². The van der Waals surface area contributed by atoms with Gasteiger partial charge in [0.25, 0.3) is 5.91 Å². The van der Waals surface area contributed by atoms with Crippen LogP contribution in [-0.2, 0) is 17.8 Å². The summed E-state index contributed by atoms with van der Waals surface area (Å²) < 4.78 is 5.43. The van der Waals surface area contributed by atoms with Gasteiger partial charge in [-0.3, -0.25) is 9.59 Å². The molecule has 1 aromatic heterocycles. The van der Waals surface area contributed by atoms with E-state index >= 15 is 0 Å². The van der Waals surface area contributed by atoms with Crippen LogP contribution in [0, 0.1) is 5.92 Å². The minimum atomic E-state index is 0.0113. The molecule has 1 N–H and O–H groups in total. The molecule has 1 saturated carbocycles. The predicted molar refractivity (Wildman–Crippen MR) is 104 cm³/mol. The fraction of sp³-hybridized carbons (Fsp3) is 0.450. The second-order valence-electron chi connectivity index (χ2n) is 6.94. The second-order valence-corrected chi connectivity index (χ2v) is 8.02. The van der Waals surface area contributed by atoms with E-state index < -0.39 is 0 Å². The first-order valence-electron chi connectivity index (χ1n) is 9.45. The van der Waals surface area contributed by atoms with Crippen molar-refractivity contribution < 1.29 is 14.3 Å². The highest BCUT2D eigenvalue weighted by atomic mass is 32.1. The molecule has 7 heteroatoms. The van der Waals surface area contributed by atoms with Crippen molar-refractivity contribution >= 4 is 28.3 Å². The third-order valence-corrected chi connectivity index (χ3v) is 6.13. The summed E-state index contributed by atoms with van der Waals surface area (Å²) in [6, 6.07) is 7.26.